The molecule has 0 atom stereocenters. The van der Waals surface area contributed by atoms with Gasteiger partial charge in [-0.3, -0.25) is 9.59 Å². The summed E-state index contributed by atoms with van der Waals surface area (Å²) in [6, 6.07) is 16.0. The highest BCUT2D eigenvalue weighted by molar-refractivity contribution is 8.03. The number of benzene rings is 2. The van der Waals surface area contributed by atoms with Gasteiger partial charge in [-0.2, -0.15) is 0 Å². The smallest absolute Gasteiger partial charge is 0.272 e. The Labute approximate surface area is 183 Å². The molecule has 3 aromatic rings. The third-order valence-corrected chi connectivity index (χ3v) is 6.11. The standard InChI is InChI=1S/C23H18ClNO4S/c1-14-5-7-15(8-6-14)20-21(30-13-17-4-3-11-29-17)23(27)25(22(20)26)16-9-10-19(28-2)18(24)12-16/h3-12H,13H2,1-2H3. The topological polar surface area (TPSA) is 59.8 Å². The van der Waals surface area contributed by atoms with Crippen LogP contribution in [0.3, 0.4) is 0 Å². The minimum Gasteiger partial charge on any atom is -0.495 e. The van der Waals surface area contributed by atoms with Crippen molar-refractivity contribution < 1.29 is 18.7 Å². The first-order valence-corrected chi connectivity index (χ1v) is 10.5. The second-order valence-corrected chi connectivity index (χ2v) is 8.10. The van der Waals surface area contributed by atoms with E-state index in [-0.39, 0.29) is 11.8 Å². The van der Waals surface area contributed by atoms with Crippen molar-refractivity contribution in [3.8, 4) is 5.75 Å². The van der Waals surface area contributed by atoms with Crippen LogP contribution in [0.2, 0.25) is 5.02 Å². The largest absolute Gasteiger partial charge is 0.495 e. The Kier molecular flexibility index (Phi) is 5.70. The first-order valence-electron chi connectivity index (χ1n) is 9.18. The van der Waals surface area contributed by atoms with E-state index in [0.29, 0.717) is 38.3 Å². The lowest BCUT2D eigenvalue weighted by atomic mass is 10.0. The van der Waals surface area contributed by atoms with E-state index in [0.717, 1.165) is 16.2 Å². The van der Waals surface area contributed by atoms with Crippen LogP contribution in [0.4, 0.5) is 5.69 Å². The first-order chi connectivity index (χ1) is 14.5. The van der Waals surface area contributed by atoms with Crippen LogP contribution in [-0.2, 0) is 15.3 Å². The van der Waals surface area contributed by atoms with Crippen molar-refractivity contribution in [3.05, 3.63) is 87.7 Å². The van der Waals surface area contributed by atoms with E-state index in [2.05, 4.69) is 0 Å². The van der Waals surface area contributed by atoms with Gasteiger partial charge in [-0.25, -0.2) is 4.90 Å². The number of nitrogens with zero attached hydrogens (tertiary/aromatic N) is 1. The quantitative estimate of drug-likeness (QED) is 0.477. The highest BCUT2D eigenvalue weighted by Crippen LogP contribution is 2.41. The molecule has 0 unspecified atom stereocenters. The average molecular weight is 440 g/mol. The van der Waals surface area contributed by atoms with Crippen molar-refractivity contribution in [1.82, 2.24) is 0 Å². The predicted octanol–water partition coefficient (Wildman–Crippen LogP) is 5.47. The number of amides is 2. The van der Waals surface area contributed by atoms with Gasteiger partial charge in [0.2, 0.25) is 0 Å². The molecular weight excluding hydrogens is 422 g/mol. The summed E-state index contributed by atoms with van der Waals surface area (Å²) in [5.41, 5.74) is 2.54. The normalized spacial score (nSPS) is 14.0. The summed E-state index contributed by atoms with van der Waals surface area (Å²) in [6.45, 7) is 1.97. The van der Waals surface area contributed by atoms with Crippen molar-refractivity contribution in [2.75, 3.05) is 12.0 Å². The lowest BCUT2D eigenvalue weighted by Crippen LogP contribution is -2.31. The number of halogens is 1. The molecular formula is C23H18ClNO4S. The zero-order chi connectivity index (χ0) is 21.3. The minimum absolute atomic E-state index is 0.323. The van der Waals surface area contributed by atoms with Crippen molar-refractivity contribution in [3.63, 3.8) is 0 Å². The van der Waals surface area contributed by atoms with Crippen LogP contribution in [0.25, 0.3) is 5.57 Å². The van der Waals surface area contributed by atoms with Gasteiger partial charge >= 0.3 is 0 Å². The van der Waals surface area contributed by atoms with Gasteiger partial charge in [0.05, 0.1) is 40.3 Å². The third-order valence-electron chi connectivity index (χ3n) is 4.71. The van der Waals surface area contributed by atoms with Gasteiger partial charge in [-0.1, -0.05) is 41.4 Å². The molecule has 7 heteroatoms. The molecule has 1 aliphatic rings. The van der Waals surface area contributed by atoms with E-state index in [9.17, 15) is 9.59 Å². The Balaban J connectivity index is 1.74. The van der Waals surface area contributed by atoms with Gasteiger partial charge < -0.3 is 9.15 Å². The second-order valence-electron chi connectivity index (χ2n) is 6.70. The Morgan fingerprint density at radius 1 is 1.07 bits per heavy atom. The Morgan fingerprint density at radius 2 is 1.83 bits per heavy atom. The monoisotopic (exact) mass is 439 g/mol. The maximum absolute atomic E-state index is 13.4. The molecule has 2 aromatic carbocycles. The van der Waals surface area contributed by atoms with Crippen LogP contribution in [0.1, 0.15) is 16.9 Å². The molecule has 152 valence electrons. The van der Waals surface area contributed by atoms with Gasteiger partial charge in [0.15, 0.2) is 0 Å². The fraction of sp³-hybridized carbons (Fsp3) is 0.130. The highest BCUT2D eigenvalue weighted by atomic mass is 35.5. The zero-order valence-electron chi connectivity index (χ0n) is 16.3. The summed E-state index contributed by atoms with van der Waals surface area (Å²) in [5.74, 6) is 0.870. The van der Waals surface area contributed by atoms with E-state index >= 15 is 0 Å². The summed E-state index contributed by atoms with van der Waals surface area (Å²) in [6.07, 6.45) is 1.58. The van der Waals surface area contributed by atoms with Crippen molar-refractivity contribution in [2.24, 2.45) is 0 Å². The highest BCUT2D eigenvalue weighted by Gasteiger charge is 2.40. The number of methoxy groups -OCH3 is 1. The second kappa shape index (κ2) is 8.42. The Bertz CT molecular complexity index is 1140. The van der Waals surface area contributed by atoms with Gasteiger partial charge in [0.25, 0.3) is 11.8 Å². The number of hydrogen-bond donors (Lipinski definition) is 0. The summed E-state index contributed by atoms with van der Waals surface area (Å²) in [5, 5.41) is 0.323. The number of ether oxygens (including phenoxy) is 1. The van der Waals surface area contributed by atoms with Gasteiger partial charge in [0.1, 0.15) is 11.5 Å². The number of carbonyl (C=O) groups is 2. The molecule has 2 heterocycles. The maximum atomic E-state index is 13.4. The summed E-state index contributed by atoms with van der Waals surface area (Å²) >= 11 is 7.52. The number of furan rings is 1. The van der Waals surface area contributed by atoms with Crippen molar-refractivity contribution in [1.29, 1.82) is 0 Å². The Morgan fingerprint density at radius 3 is 2.47 bits per heavy atom. The molecule has 0 N–H and O–H groups in total. The summed E-state index contributed by atoms with van der Waals surface area (Å²) < 4.78 is 10.6. The van der Waals surface area contributed by atoms with Crippen LogP contribution in [-0.4, -0.2) is 18.9 Å². The fourth-order valence-corrected chi connectivity index (χ4v) is 4.45. The molecule has 1 aliphatic heterocycles. The Hall–Kier alpha value is -2.96. The molecule has 0 radical (unpaired) electrons. The van der Waals surface area contributed by atoms with E-state index in [4.69, 9.17) is 20.8 Å². The molecule has 0 spiro atoms. The number of imide groups is 1. The van der Waals surface area contributed by atoms with Crippen LogP contribution in [0.5, 0.6) is 5.75 Å². The summed E-state index contributed by atoms with van der Waals surface area (Å²) in [4.78, 5) is 28.2. The SMILES string of the molecule is COc1ccc(N2C(=O)C(SCc3ccco3)=C(c3ccc(C)cc3)C2=O)cc1Cl. The molecule has 0 aliphatic carbocycles. The molecule has 0 saturated carbocycles. The van der Waals surface area contributed by atoms with Gasteiger partial charge in [-0.15, -0.1) is 11.8 Å². The first kappa shape index (κ1) is 20.3. The maximum Gasteiger partial charge on any atom is 0.272 e. The van der Waals surface area contributed by atoms with Crippen LogP contribution in [0.15, 0.2) is 70.2 Å². The van der Waals surface area contributed by atoms with Gasteiger partial charge in [-0.05, 0) is 42.8 Å². The fourth-order valence-electron chi connectivity index (χ4n) is 3.19. The molecule has 1 aromatic heterocycles. The molecule has 30 heavy (non-hydrogen) atoms. The number of hydrogen-bond acceptors (Lipinski definition) is 5. The lowest BCUT2D eigenvalue weighted by molar-refractivity contribution is -0.119. The number of aryl methyl sites for hydroxylation is 1. The van der Waals surface area contributed by atoms with E-state index in [1.807, 2.05) is 37.3 Å². The number of rotatable bonds is 6. The summed E-state index contributed by atoms with van der Waals surface area (Å²) in [7, 11) is 1.51. The minimum atomic E-state index is -0.382. The van der Waals surface area contributed by atoms with Crippen LogP contribution < -0.4 is 9.64 Å². The van der Waals surface area contributed by atoms with Crippen molar-refractivity contribution in [2.45, 2.75) is 12.7 Å². The molecule has 4 rings (SSSR count). The van der Waals surface area contributed by atoms with E-state index in [1.165, 1.54) is 18.9 Å². The van der Waals surface area contributed by atoms with Crippen LogP contribution in [0, 0.1) is 6.92 Å². The van der Waals surface area contributed by atoms with Crippen LogP contribution >= 0.6 is 23.4 Å². The van der Waals surface area contributed by atoms with E-state index in [1.54, 1.807) is 30.5 Å². The van der Waals surface area contributed by atoms with Crippen molar-refractivity contribution >= 4 is 46.4 Å². The molecule has 0 saturated heterocycles. The lowest BCUT2D eigenvalue weighted by Gasteiger charge is -2.16. The predicted molar refractivity (Wildman–Crippen MR) is 119 cm³/mol. The molecule has 0 fully saturated rings. The van der Waals surface area contributed by atoms with Gasteiger partial charge in [0, 0.05) is 0 Å². The average Bonchev–Trinajstić information content (AvgIpc) is 3.33. The molecule has 0 bridgehead atoms. The number of carbonyl (C=O) groups excluding carboxylic acids is 2. The molecule has 5 nitrogen and oxygen atoms in total. The molecule has 2 amide bonds. The number of anilines is 1. The number of thioether (sulfide) groups is 1. The third kappa shape index (κ3) is 3.76. The van der Waals surface area contributed by atoms with E-state index < -0.39 is 0 Å². The zero-order valence-corrected chi connectivity index (χ0v) is 17.9.